The van der Waals surface area contributed by atoms with Crippen LogP contribution >= 0.6 is 0 Å². The zero-order chi connectivity index (χ0) is 14.0. The molecule has 0 aliphatic heterocycles. The van der Waals surface area contributed by atoms with Gasteiger partial charge >= 0.3 is 0 Å². The third-order valence-electron chi connectivity index (χ3n) is 2.55. The van der Waals surface area contributed by atoms with E-state index in [1.165, 1.54) is 12.1 Å². The van der Waals surface area contributed by atoms with Gasteiger partial charge in [0.1, 0.15) is 5.82 Å². The Morgan fingerprint density at radius 1 is 1.39 bits per heavy atom. The molecule has 1 aromatic carbocycles. The van der Waals surface area contributed by atoms with Crippen molar-refractivity contribution in [3.63, 3.8) is 0 Å². The summed E-state index contributed by atoms with van der Waals surface area (Å²) in [6, 6.07) is 3.61. The van der Waals surface area contributed by atoms with Crippen molar-refractivity contribution in [2.24, 2.45) is 5.41 Å². The molecule has 0 amide bonds. The van der Waals surface area contributed by atoms with Gasteiger partial charge in [0.25, 0.3) is 0 Å². The van der Waals surface area contributed by atoms with E-state index in [0.717, 1.165) is 12.3 Å². The smallest absolute Gasteiger partial charge is 0.175 e. The Morgan fingerprint density at radius 3 is 2.50 bits per heavy atom. The number of aliphatic hydroxyl groups excluding tert-OH is 1. The van der Waals surface area contributed by atoms with Crippen LogP contribution in [0.5, 0.6) is 0 Å². The topological polar surface area (TPSA) is 66.4 Å². The van der Waals surface area contributed by atoms with Gasteiger partial charge in [-0.1, -0.05) is 13.8 Å². The van der Waals surface area contributed by atoms with E-state index in [-0.39, 0.29) is 17.2 Å². The van der Waals surface area contributed by atoms with Crippen LogP contribution in [-0.2, 0) is 9.84 Å². The van der Waals surface area contributed by atoms with Gasteiger partial charge in [0.2, 0.25) is 0 Å². The number of sulfone groups is 1. The number of aliphatic hydroxyl groups is 1. The van der Waals surface area contributed by atoms with Crippen LogP contribution in [0.15, 0.2) is 23.1 Å². The predicted molar refractivity (Wildman–Crippen MR) is 68.9 cm³/mol. The van der Waals surface area contributed by atoms with Crippen molar-refractivity contribution in [2.75, 3.05) is 24.7 Å². The molecule has 0 bridgehead atoms. The maximum Gasteiger partial charge on any atom is 0.175 e. The van der Waals surface area contributed by atoms with Crippen LogP contribution in [0.4, 0.5) is 10.1 Å². The predicted octanol–water partition coefficient (Wildman–Crippen LogP) is 1.66. The lowest BCUT2D eigenvalue weighted by Crippen LogP contribution is -2.27. The first kappa shape index (κ1) is 14.9. The quantitative estimate of drug-likeness (QED) is 0.802. The molecule has 0 aliphatic carbocycles. The fourth-order valence-corrected chi connectivity index (χ4v) is 1.91. The molecule has 0 radical (unpaired) electrons. The standard InChI is InChI=1S/C12H18FNO3S/c1-12(2,8-15)7-14-11-6-9(18(3,16)17)4-5-10(11)13/h4-6,14-15H,7-8H2,1-3H3. The fourth-order valence-electron chi connectivity index (χ4n) is 1.26. The summed E-state index contributed by atoms with van der Waals surface area (Å²) in [5, 5.41) is 11.9. The first-order valence-electron chi connectivity index (χ1n) is 5.50. The number of nitrogens with one attached hydrogen (secondary N) is 1. The summed E-state index contributed by atoms with van der Waals surface area (Å²) in [6.45, 7) is 3.93. The third kappa shape index (κ3) is 3.96. The van der Waals surface area contributed by atoms with E-state index >= 15 is 0 Å². The third-order valence-corrected chi connectivity index (χ3v) is 3.66. The first-order valence-corrected chi connectivity index (χ1v) is 7.39. The van der Waals surface area contributed by atoms with Crippen LogP contribution < -0.4 is 5.32 Å². The molecule has 0 aromatic heterocycles. The molecule has 0 aliphatic rings. The van der Waals surface area contributed by atoms with Crippen LogP contribution in [0, 0.1) is 11.2 Å². The van der Waals surface area contributed by atoms with Crippen LogP contribution in [0.2, 0.25) is 0 Å². The molecule has 0 heterocycles. The molecule has 0 spiro atoms. The molecule has 0 saturated heterocycles. The van der Waals surface area contributed by atoms with Gasteiger partial charge in [0, 0.05) is 24.8 Å². The van der Waals surface area contributed by atoms with E-state index in [9.17, 15) is 12.8 Å². The van der Waals surface area contributed by atoms with Crippen LogP contribution in [0.3, 0.4) is 0 Å². The van der Waals surface area contributed by atoms with E-state index in [0.29, 0.717) is 6.54 Å². The van der Waals surface area contributed by atoms with Crippen molar-refractivity contribution in [3.05, 3.63) is 24.0 Å². The molecule has 2 N–H and O–H groups in total. The Bertz CT molecular complexity index is 526. The minimum atomic E-state index is -3.36. The molecule has 1 aromatic rings. The summed E-state index contributed by atoms with van der Waals surface area (Å²) in [4.78, 5) is 0.0632. The molecule has 0 fully saturated rings. The van der Waals surface area contributed by atoms with Crippen molar-refractivity contribution in [3.8, 4) is 0 Å². The summed E-state index contributed by atoms with van der Waals surface area (Å²) >= 11 is 0. The minimum Gasteiger partial charge on any atom is -0.396 e. The van der Waals surface area contributed by atoms with Gasteiger partial charge in [-0.15, -0.1) is 0 Å². The lowest BCUT2D eigenvalue weighted by molar-refractivity contribution is 0.170. The lowest BCUT2D eigenvalue weighted by atomic mass is 9.95. The van der Waals surface area contributed by atoms with Crippen LogP contribution in [0.25, 0.3) is 0 Å². The lowest BCUT2D eigenvalue weighted by Gasteiger charge is -2.22. The second kappa shape index (κ2) is 5.24. The van der Waals surface area contributed by atoms with Crippen molar-refractivity contribution in [2.45, 2.75) is 18.7 Å². The second-order valence-corrected chi connectivity index (χ2v) is 7.11. The van der Waals surface area contributed by atoms with Gasteiger partial charge < -0.3 is 10.4 Å². The molecule has 0 saturated carbocycles. The van der Waals surface area contributed by atoms with Gasteiger partial charge in [0.05, 0.1) is 10.6 Å². The monoisotopic (exact) mass is 275 g/mol. The molecular formula is C12H18FNO3S. The van der Waals surface area contributed by atoms with Crippen molar-refractivity contribution in [1.29, 1.82) is 0 Å². The van der Waals surface area contributed by atoms with Gasteiger partial charge in [-0.25, -0.2) is 12.8 Å². The number of anilines is 1. The SMILES string of the molecule is CC(C)(CO)CNc1cc(S(C)(=O)=O)ccc1F. The van der Waals surface area contributed by atoms with Gasteiger partial charge in [0.15, 0.2) is 9.84 Å². The highest BCUT2D eigenvalue weighted by Gasteiger charge is 2.17. The summed E-state index contributed by atoms with van der Waals surface area (Å²) < 4.78 is 36.2. The highest BCUT2D eigenvalue weighted by molar-refractivity contribution is 7.90. The molecule has 4 nitrogen and oxygen atoms in total. The number of hydrogen-bond acceptors (Lipinski definition) is 4. The van der Waals surface area contributed by atoms with Crippen LogP contribution in [-0.4, -0.2) is 32.9 Å². The number of hydrogen-bond donors (Lipinski definition) is 2. The van der Waals surface area contributed by atoms with E-state index in [1.807, 2.05) is 13.8 Å². The van der Waals surface area contributed by atoms with E-state index in [1.54, 1.807) is 0 Å². The van der Waals surface area contributed by atoms with E-state index < -0.39 is 21.1 Å². The number of rotatable bonds is 5. The summed E-state index contributed by atoms with van der Waals surface area (Å²) in [7, 11) is -3.36. The maximum absolute atomic E-state index is 13.5. The maximum atomic E-state index is 13.5. The van der Waals surface area contributed by atoms with Crippen molar-refractivity contribution < 1.29 is 17.9 Å². The Morgan fingerprint density at radius 2 is 2.00 bits per heavy atom. The summed E-state index contributed by atoms with van der Waals surface area (Å²) in [5.41, 5.74) is -0.285. The fraction of sp³-hybridized carbons (Fsp3) is 0.500. The normalized spacial score (nSPS) is 12.5. The Labute approximate surface area is 107 Å². The van der Waals surface area contributed by atoms with Crippen molar-refractivity contribution >= 4 is 15.5 Å². The second-order valence-electron chi connectivity index (χ2n) is 5.09. The largest absolute Gasteiger partial charge is 0.396 e. The minimum absolute atomic E-state index is 0.0482. The molecule has 0 unspecified atom stereocenters. The average Bonchev–Trinajstić information content (AvgIpc) is 2.26. The van der Waals surface area contributed by atoms with Gasteiger partial charge in [-0.3, -0.25) is 0 Å². The molecule has 6 heteroatoms. The Hall–Kier alpha value is -1.14. The molecule has 18 heavy (non-hydrogen) atoms. The average molecular weight is 275 g/mol. The van der Waals surface area contributed by atoms with Crippen molar-refractivity contribution in [1.82, 2.24) is 0 Å². The van der Waals surface area contributed by atoms with E-state index in [4.69, 9.17) is 5.11 Å². The molecule has 102 valence electrons. The first-order chi connectivity index (χ1) is 8.15. The molecule has 1 rings (SSSR count). The number of halogens is 1. The van der Waals surface area contributed by atoms with Crippen LogP contribution in [0.1, 0.15) is 13.8 Å². The Kier molecular flexibility index (Phi) is 4.34. The highest BCUT2D eigenvalue weighted by Crippen LogP contribution is 2.22. The van der Waals surface area contributed by atoms with Gasteiger partial charge in [-0.05, 0) is 18.2 Å². The van der Waals surface area contributed by atoms with E-state index in [2.05, 4.69) is 5.32 Å². The Balaban J connectivity index is 2.96. The zero-order valence-corrected chi connectivity index (χ0v) is 11.5. The highest BCUT2D eigenvalue weighted by atomic mass is 32.2. The molecule has 0 atom stereocenters. The van der Waals surface area contributed by atoms with Gasteiger partial charge in [-0.2, -0.15) is 0 Å². The zero-order valence-electron chi connectivity index (χ0n) is 10.7. The number of benzene rings is 1. The summed E-state index contributed by atoms with van der Waals surface area (Å²) in [6.07, 6.45) is 1.07. The molecular weight excluding hydrogens is 257 g/mol. The summed E-state index contributed by atoms with van der Waals surface area (Å²) in [5.74, 6) is -0.517.